The number of anilines is 6. The molecule has 0 spiro atoms. The maximum Gasteiger partial charge on any atom is 0.264 e. The van der Waals surface area contributed by atoms with Crippen molar-refractivity contribution in [1.29, 1.82) is 0 Å². The lowest BCUT2D eigenvalue weighted by Gasteiger charge is -2.44. The van der Waals surface area contributed by atoms with Gasteiger partial charge in [-0.05, 0) is 146 Å². The largest absolute Gasteiger partial charge is 0.311 e. The SMILES string of the molecule is [2H]c1cc(C(C)(C)C)cc([2H])c1N1c2cc(C)cc3c2B(c2cc(C(C)(C)C)cc([2H])c21)c1sc2cc4c(cc2c1N3c1ccc(C(C)(C)C)cc1)C(C)(C)CCC4(C)C. The van der Waals surface area contributed by atoms with Crippen molar-refractivity contribution in [1.82, 2.24) is 0 Å². The van der Waals surface area contributed by atoms with Crippen molar-refractivity contribution in [2.75, 3.05) is 9.80 Å². The van der Waals surface area contributed by atoms with Crippen LogP contribution >= 0.6 is 11.3 Å². The van der Waals surface area contributed by atoms with Gasteiger partial charge in [-0.25, -0.2) is 0 Å². The number of rotatable bonds is 2. The van der Waals surface area contributed by atoms with E-state index in [1.54, 1.807) is 0 Å². The Morgan fingerprint density at radius 2 is 1.12 bits per heavy atom. The molecule has 6 aromatic rings. The van der Waals surface area contributed by atoms with Crippen LogP contribution < -0.4 is 25.5 Å². The van der Waals surface area contributed by atoms with E-state index in [0.717, 1.165) is 57.7 Å². The summed E-state index contributed by atoms with van der Waals surface area (Å²) in [5, 5.41) is 1.29. The molecule has 0 atom stereocenters. The van der Waals surface area contributed by atoms with Crippen LogP contribution in [-0.2, 0) is 27.1 Å². The van der Waals surface area contributed by atoms with Crippen molar-refractivity contribution < 1.29 is 4.11 Å². The third kappa shape index (κ3) is 6.02. The van der Waals surface area contributed by atoms with Crippen molar-refractivity contribution in [3.8, 4) is 0 Å². The molecule has 2 aliphatic heterocycles. The highest BCUT2D eigenvalue weighted by atomic mass is 32.1. The van der Waals surface area contributed by atoms with E-state index in [1.807, 2.05) is 29.5 Å². The van der Waals surface area contributed by atoms with Gasteiger partial charge in [0, 0.05) is 43.3 Å². The monoisotopic (exact) mass is 771 g/mol. The lowest BCUT2D eigenvalue weighted by molar-refractivity contribution is 0.332. The molecule has 0 N–H and O–H groups in total. The topological polar surface area (TPSA) is 6.48 Å². The maximum atomic E-state index is 9.93. The minimum Gasteiger partial charge on any atom is -0.311 e. The molecule has 1 aromatic heterocycles. The summed E-state index contributed by atoms with van der Waals surface area (Å²) >= 11 is 1.92. The van der Waals surface area contributed by atoms with Crippen LogP contribution in [0.25, 0.3) is 10.1 Å². The number of hydrogen-bond acceptors (Lipinski definition) is 3. The molecule has 3 aliphatic rings. The molecule has 0 radical (unpaired) electrons. The van der Waals surface area contributed by atoms with Gasteiger partial charge in [0.25, 0.3) is 6.71 Å². The second-order valence-corrected chi connectivity index (χ2v) is 22.8. The highest BCUT2D eigenvalue weighted by Crippen LogP contribution is 2.52. The maximum absolute atomic E-state index is 9.93. The van der Waals surface area contributed by atoms with Crippen LogP contribution in [0.2, 0.25) is 0 Å². The lowest BCUT2D eigenvalue weighted by atomic mass is 9.36. The van der Waals surface area contributed by atoms with Crippen molar-refractivity contribution >= 4 is 78.0 Å². The van der Waals surface area contributed by atoms with E-state index in [-0.39, 0.29) is 33.8 Å². The smallest absolute Gasteiger partial charge is 0.264 e. The molecule has 9 rings (SSSR count). The van der Waals surface area contributed by atoms with Crippen LogP contribution in [0, 0.1) is 6.92 Å². The highest BCUT2D eigenvalue weighted by Gasteiger charge is 2.47. The van der Waals surface area contributed by atoms with Crippen molar-refractivity contribution in [3.05, 3.63) is 124 Å². The summed E-state index contributed by atoms with van der Waals surface area (Å²) in [5.74, 6) is 0. The molecule has 0 saturated carbocycles. The standard InChI is InChI=1S/C53H61BN2S/c1-32-27-43-46-44(28-32)56(37-22-17-34(18-23-37)50(5,6)7)47-38-30-39-40(53(13,14)26-25-52(39,11)12)31-45(38)57-48(47)54(46)41-29-35(51(8,9)10)19-24-42(41)55(43)36-20-15-33(16-21-36)49(2,3)4/h15-24,27-31H,25-26H2,1-14H3/i20D,21D,24D. The van der Waals surface area contributed by atoms with E-state index in [1.165, 1.54) is 42.7 Å². The Morgan fingerprint density at radius 1 is 0.596 bits per heavy atom. The molecule has 292 valence electrons. The predicted molar refractivity (Wildman–Crippen MR) is 252 cm³/mol. The molecule has 3 heterocycles. The second kappa shape index (κ2) is 12.4. The second-order valence-electron chi connectivity index (χ2n) is 21.7. The first kappa shape index (κ1) is 34.7. The summed E-state index contributed by atoms with van der Waals surface area (Å²) in [6, 6.07) is 28.1. The van der Waals surface area contributed by atoms with Crippen molar-refractivity contribution in [2.45, 2.75) is 137 Å². The van der Waals surface area contributed by atoms with Crippen LogP contribution in [0.15, 0.2) is 90.9 Å². The number of nitrogens with zero attached hydrogens (tertiary/aromatic N) is 2. The van der Waals surface area contributed by atoms with Crippen LogP contribution in [0.1, 0.15) is 140 Å². The molecular weight excluding hydrogens is 707 g/mol. The van der Waals surface area contributed by atoms with Gasteiger partial charge in [-0.2, -0.15) is 0 Å². The zero-order chi connectivity index (χ0) is 43.4. The van der Waals surface area contributed by atoms with Gasteiger partial charge in [0.2, 0.25) is 0 Å². The Morgan fingerprint density at radius 3 is 1.70 bits per heavy atom. The van der Waals surface area contributed by atoms with Crippen LogP contribution in [-0.4, -0.2) is 6.71 Å². The molecule has 0 amide bonds. The Balaban J connectivity index is 1.43. The van der Waals surface area contributed by atoms with Crippen LogP contribution in [0.5, 0.6) is 0 Å². The summed E-state index contributed by atoms with van der Waals surface area (Å²) in [7, 11) is 0. The zero-order valence-corrected chi connectivity index (χ0v) is 37.5. The number of hydrogen-bond donors (Lipinski definition) is 0. The zero-order valence-electron chi connectivity index (χ0n) is 39.7. The first-order valence-electron chi connectivity index (χ1n) is 22.5. The molecule has 1 aliphatic carbocycles. The van der Waals surface area contributed by atoms with Gasteiger partial charge in [0.05, 0.1) is 9.80 Å². The van der Waals surface area contributed by atoms with Gasteiger partial charge >= 0.3 is 0 Å². The average molecular weight is 772 g/mol. The normalized spacial score (nSPS) is 17.7. The number of fused-ring (bicyclic) bond motifs is 7. The van der Waals surface area contributed by atoms with Gasteiger partial charge in [-0.3, -0.25) is 0 Å². The van der Waals surface area contributed by atoms with Gasteiger partial charge in [0.1, 0.15) is 0 Å². The van der Waals surface area contributed by atoms with E-state index in [0.29, 0.717) is 23.8 Å². The molecule has 4 heteroatoms. The molecular formula is C53H61BN2S. The fourth-order valence-corrected chi connectivity index (χ4v) is 10.9. The Hall–Kier alpha value is -4.28. The van der Waals surface area contributed by atoms with Gasteiger partial charge in [0.15, 0.2) is 0 Å². The molecule has 0 unspecified atom stereocenters. The summed E-state index contributed by atoms with van der Waals surface area (Å²) in [6.07, 6.45) is 2.30. The van der Waals surface area contributed by atoms with E-state index in [4.69, 9.17) is 0 Å². The Labute approximate surface area is 351 Å². The average Bonchev–Trinajstić information content (AvgIpc) is 3.50. The summed E-state index contributed by atoms with van der Waals surface area (Å²) in [5.41, 5.74) is 15.1. The molecule has 57 heavy (non-hydrogen) atoms. The third-order valence-electron chi connectivity index (χ3n) is 13.4. The van der Waals surface area contributed by atoms with Gasteiger partial charge in [-0.15, -0.1) is 11.3 Å². The highest BCUT2D eigenvalue weighted by molar-refractivity contribution is 7.33. The van der Waals surface area contributed by atoms with E-state index in [2.05, 4.69) is 161 Å². The molecule has 5 aromatic carbocycles. The minimum atomic E-state index is -0.218. The first-order valence-corrected chi connectivity index (χ1v) is 21.8. The summed E-state index contributed by atoms with van der Waals surface area (Å²) in [4.78, 5) is 4.65. The number of benzene rings is 5. The predicted octanol–water partition coefficient (Wildman–Crippen LogP) is 13.5. The lowest BCUT2D eigenvalue weighted by Crippen LogP contribution is -2.60. The molecule has 0 fully saturated rings. The fourth-order valence-electron chi connectivity index (χ4n) is 9.59. The Kier molecular flexibility index (Phi) is 7.54. The summed E-state index contributed by atoms with van der Waals surface area (Å²) < 4.78 is 31.8. The quantitative estimate of drug-likeness (QED) is 0.162. The number of thiophene rings is 1. The minimum absolute atomic E-state index is 0.0130. The third-order valence-corrected chi connectivity index (χ3v) is 14.6. The molecule has 0 bridgehead atoms. The van der Waals surface area contributed by atoms with Crippen LogP contribution in [0.4, 0.5) is 34.1 Å². The first-order chi connectivity index (χ1) is 27.8. The van der Waals surface area contributed by atoms with Crippen molar-refractivity contribution in [3.63, 3.8) is 0 Å². The number of aryl methyl sites for hydroxylation is 1. The molecule has 2 nitrogen and oxygen atoms in total. The van der Waals surface area contributed by atoms with Crippen molar-refractivity contribution in [2.24, 2.45) is 0 Å². The Bertz CT molecular complexity index is 2750. The van der Waals surface area contributed by atoms with Gasteiger partial charge < -0.3 is 9.80 Å². The van der Waals surface area contributed by atoms with Crippen LogP contribution in [0.3, 0.4) is 0 Å². The van der Waals surface area contributed by atoms with Gasteiger partial charge in [-0.1, -0.05) is 126 Å². The van der Waals surface area contributed by atoms with E-state index < -0.39 is 0 Å². The summed E-state index contributed by atoms with van der Waals surface area (Å²) in [6.45, 7) is 31.6. The molecule has 0 saturated heterocycles. The van der Waals surface area contributed by atoms with E-state index in [9.17, 15) is 4.11 Å². The fraction of sp³-hybridized carbons (Fsp3) is 0.396. The van der Waals surface area contributed by atoms with E-state index >= 15 is 0 Å².